The van der Waals surface area contributed by atoms with Crippen LogP contribution >= 0.6 is 11.6 Å². The van der Waals surface area contributed by atoms with E-state index in [4.69, 9.17) is 16.7 Å². The van der Waals surface area contributed by atoms with Crippen LogP contribution in [0, 0.1) is 35.0 Å². The van der Waals surface area contributed by atoms with Crippen LogP contribution in [0.15, 0.2) is 24.3 Å². The molecule has 6 N–H and O–H groups in total. The summed E-state index contributed by atoms with van der Waals surface area (Å²) in [6.07, 6.45) is 3.83. The number of anilines is 1. The van der Waals surface area contributed by atoms with Gasteiger partial charge in [0.2, 0.25) is 10.0 Å². The van der Waals surface area contributed by atoms with Gasteiger partial charge in [-0.2, -0.15) is 5.26 Å². The highest BCUT2D eigenvalue weighted by Crippen LogP contribution is 2.61. The molecule has 5 atom stereocenters. The number of benzene rings is 1. The number of Topliss-reactive ketones (excluding diaryl/α,β-unsaturated/α-hetero) is 1. The van der Waals surface area contributed by atoms with E-state index in [1.807, 2.05) is 0 Å². The maximum absolute atomic E-state index is 13.4. The Hall–Kier alpha value is -2.23. The van der Waals surface area contributed by atoms with Crippen molar-refractivity contribution >= 4 is 39.1 Å². The molecule has 4 saturated carbocycles. The molecule has 4 aliphatic carbocycles. The predicted octanol–water partition coefficient (Wildman–Crippen LogP) is 1.69. The number of sulfonamides is 1. The van der Waals surface area contributed by atoms with Crippen LogP contribution in [0.3, 0.4) is 0 Å². The molecule has 0 aromatic heterocycles. The Morgan fingerprint density at radius 1 is 1.22 bits per heavy atom. The zero-order valence-corrected chi connectivity index (χ0v) is 21.4. The fourth-order valence-electron chi connectivity index (χ4n) is 7.54. The zero-order valence-electron chi connectivity index (χ0n) is 19.8. The van der Waals surface area contributed by atoms with Crippen LogP contribution in [0.4, 0.5) is 10.5 Å². The molecule has 12 heteroatoms. The summed E-state index contributed by atoms with van der Waals surface area (Å²) < 4.78 is 26.9. The van der Waals surface area contributed by atoms with Crippen LogP contribution in [0.2, 0.25) is 5.02 Å². The number of urea groups is 1. The maximum atomic E-state index is 13.4. The number of amides is 2. The number of nitrogens with zero attached hydrogens (tertiary/aromatic N) is 1. The van der Waals surface area contributed by atoms with Gasteiger partial charge in [0, 0.05) is 22.5 Å². The van der Waals surface area contributed by atoms with E-state index in [2.05, 4.69) is 27.3 Å². The lowest BCUT2D eigenvalue weighted by atomic mass is 9.50. The van der Waals surface area contributed by atoms with Crippen molar-refractivity contribution in [3.8, 4) is 6.07 Å². The molecule has 1 heterocycles. The lowest BCUT2D eigenvalue weighted by Crippen LogP contribution is -2.83. The molecule has 5 aliphatic rings. The first-order chi connectivity index (χ1) is 17.1. The molecule has 1 aromatic carbocycles. The molecular weight excluding hydrogens is 504 g/mol. The Bertz CT molecular complexity index is 1210. The third kappa shape index (κ3) is 4.19. The third-order valence-corrected chi connectivity index (χ3v) is 10.6. The first-order valence-corrected chi connectivity index (χ1v) is 14.3. The lowest BCUT2D eigenvalue weighted by Gasteiger charge is -2.66. The largest absolute Gasteiger partial charge is 0.320 e. The van der Waals surface area contributed by atoms with Crippen molar-refractivity contribution in [1.82, 2.24) is 16.0 Å². The summed E-state index contributed by atoms with van der Waals surface area (Å²) in [5, 5.41) is 27.6. The van der Waals surface area contributed by atoms with E-state index in [1.54, 1.807) is 24.3 Å². The van der Waals surface area contributed by atoms with Crippen molar-refractivity contribution < 1.29 is 18.0 Å². The Morgan fingerprint density at radius 2 is 1.94 bits per heavy atom. The molecule has 1 saturated heterocycles. The van der Waals surface area contributed by atoms with Gasteiger partial charge >= 0.3 is 6.03 Å². The van der Waals surface area contributed by atoms with Crippen molar-refractivity contribution in [2.45, 2.75) is 55.0 Å². The van der Waals surface area contributed by atoms with Gasteiger partial charge in [0.1, 0.15) is 6.04 Å². The van der Waals surface area contributed by atoms with Gasteiger partial charge in [0.25, 0.3) is 0 Å². The van der Waals surface area contributed by atoms with Gasteiger partial charge in [0.05, 0.1) is 18.2 Å². The highest BCUT2D eigenvalue weighted by atomic mass is 35.5. The number of carbonyl (C=O) groups is 2. The fourth-order valence-corrected chi connectivity index (χ4v) is 9.40. The standard InChI is InChI=1S/C24H31ClN6O4S/c25-17-2-1-3-18(9-17)30-22(33)31-24(36(27,34)35)16-7-14-6-15(8-16)11-23(24,10-14)29-13-21(32)19-4-5-28-20(19)12-26/h1-3,9,14-16,19-20,28-29H,4-8,10-11,13H2,(H2,27,34,35)(H2,30,31,33)/t14?,15?,16?,19?,20?,23?,24-/m0/s1. The minimum Gasteiger partial charge on any atom is -0.316 e. The van der Waals surface area contributed by atoms with E-state index in [0.29, 0.717) is 49.4 Å². The summed E-state index contributed by atoms with van der Waals surface area (Å²) in [5.74, 6) is -0.407. The number of hydrogen-bond acceptors (Lipinski definition) is 7. The van der Waals surface area contributed by atoms with Gasteiger partial charge in [-0.05, 0) is 75.1 Å². The van der Waals surface area contributed by atoms with Crippen molar-refractivity contribution in [3.63, 3.8) is 0 Å². The normalized spacial score (nSPS) is 36.9. The highest BCUT2D eigenvalue weighted by molar-refractivity contribution is 7.90. The summed E-state index contributed by atoms with van der Waals surface area (Å²) in [4.78, 5) is 24.6. The molecule has 6 rings (SSSR count). The van der Waals surface area contributed by atoms with E-state index < -0.39 is 38.4 Å². The topological polar surface area (TPSA) is 166 Å². The number of nitriles is 1. The average Bonchev–Trinajstić information content (AvgIpc) is 3.28. The van der Waals surface area contributed by atoms with E-state index >= 15 is 0 Å². The monoisotopic (exact) mass is 534 g/mol. The Labute approximate surface area is 215 Å². The molecule has 0 spiro atoms. The van der Waals surface area contributed by atoms with Crippen LogP contribution in [-0.4, -0.2) is 49.8 Å². The molecule has 1 aromatic rings. The minimum atomic E-state index is -4.32. The second-order valence-corrected chi connectivity index (χ2v) is 12.9. The van der Waals surface area contributed by atoms with Crippen molar-refractivity contribution in [1.29, 1.82) is 5.26 Å². The summed E-state index contributed by atoms with van der Waals surface area (Å²) in [6.45, 7) is 0.490. The van der Waals surface area contributed by atoms with Crippen molar-refractivity contribution in [2.24, 2.45) is 28.8 Å². The third-order valence-electron chi connectivity index (χ3n) is 8.67. The fraction of sp³-hybridized carbons (Fsp3) is 0.625. The van der Waals surface area contributed by atoms with Gasteiger partial charge in [-0.3, -0.25) is 4.79 Å². The Balaban J connectivity index is 1.46. The predicted molar refractivity (Wildman–Crippen MR) is 134 cm³/mol. The summed E-state index contributed by atoms with van der Waals surface area (Å²) in [7, 11) is -4.32. The molecule has 0 radical (unpaired) electrons. The molecule has 1 aliphatic heterocycles. The lowest BCUT2D eigenvalue weighted by molar-refractivity contribution is -0.124. The summed E-state index contributed by atoms with van der Waals surface area (Å²) >= 11 is 6.03. The van der Waals surface area contributed by atoms with Crippen LogP contribution in [0.25, 0.3) is 0 Å². The average molecular weight is 535 g/mol. The van der Waals surface area contributed by atoms with Gasteiger partial charge < -0.3 is 21.3 Å². The molecule has 194 valence electrons. The SMILES string of the molecule is N#CC1NCCC1C(=O)CNC12CC3CC(CC(C3)[C@]1(NC(=O)Nc1cccc(Cl)c1)S(N)(=O)=O)C2. The van der Waals surface area contributed by atoms with E-state index in [-0.39, 0.29) is 30.1 Å². The van der Waals surface area contributed by atoms with E-state index in [0.717, 1.165) is 6.42 Å². The van der Waals surface area contributed by atoms with Gasteiger partial charge in [0.15, 0.2) is 10.7 Å². The highest BCUT2D eigenvalue weighted by Gasteiger charge is 2.71. The van der Waals surface area contributed by atoms with Gasteiger partial charge in [-0.15, -0.1) is 0 Å². The minimum absolute atomic E-state index is 0.0917. The quantitative estimate of drug-likeness (QED) is 0.355. The maximum Gasteiger partial charge on any atom is 0.320 e. The van der Waals surface area contributed by atoms with Gasteiger partial charge in [-0.25, -0.2) is 18.4 Å². The molecule has 5 fully saturated rings. The molecule has 4 bridgehead atoms. The number of primary sulfonamides is 1. The molecule has 36 heavy (non-hydrogen) atoms. The van der Waals surface area contributed by atoms with Crippen molar-refractivity contribution in [2.75, 3.05) is 18.4 Å². The van der Waals surface area contributed by atoms with Crippen molar-refractivity contribution in [3.05, 3.63) is 29.3 Å². The van der Waals surface area contributed by atoms with Crippen LogP contribution in [0.1, 0.15) is 38.5 Å². The Kier molecular flexibility index (Phi) is 6.54. The van der Waals surface area contributed by atoms with Crippen LogP contribution in [-0.2, 0) is 14.8 Å². The second kappa shape index (κ2) is 9.26. The number of nitrogens with one attached hydrogen (secondary N) is 4. The van der Waals surface area contributed by atoms with Crippen LogP contribution in [0.5, 0.6) is 0 Å². The Morgan fingerprint density at radius 3 is 2.58 bits per heavy atom. The summed E-state index contributed by atoms with van der Waals surface area (Å²) in [6, 6.07) is 7.44. The van der Waals surface area contributed by atoms with Crippen LogP contribution < -0.4 is 26.4 Å². The van der Waals surface area contributed by atoms with E-state index in [1.165, 1.54) is 0 Å². The number of halogens is 1. The first-order valence-electron chi connectivity index (χ1n) is 12.3. The molecule has 2 amide bonds. The number of rotatable bonds is 7. The van der Waals surface area contributed by atoms with E-state index in [9.17, 15) is 23.3 Å². The smallest absolute Gasteiger partial charge is 0.316 e. The number of carbonyl (C=O) groups excluding carboxylic acids is 2. The van der Waals surface area contributed by atoms with Gasteiger partial charge in [-0.1, -0.05) is 17.7 Å². The molecular formula is C24H31ClN6O4S. The number of ketones is 1. The second-order valence-electron chi connectivity index (χ2n) is 10.8. The summed E-state index contributed by atoms with van der Waals surface area (Å²) in [5.41, 5.74) is -0.674. The number of hydrogen-bond donors (Lipinski definition) is 5. The number of nitrogens with two attached hydrogens (primary N) is 1. The molecule has 4 unspecified atom stereocenters. The zero-order chi connectivity index (χ0) is 25.7. The first kappa shape index (κ1) is 25.4. The molecule has 10 nitrogen and oxygen atoms in total.